The van der Waals surface area contributed by atoms with Crippen LogP contribution in [0.5, 0.6) is 11.5 Å². The van der Waals surface area contributed by atoms with Crippen LogP contribution in [-0.2, 0) is 0 Å². The van der Waals surface area contributed by atoms with Crippen molar-refractivity contribution in [3.8, 4) is 11.5 Å². The van der Waals surface area contributed by atoms with E-state index in [-0.39, 0.29) is 6.10 Å². The predicted octanol–water partition coefficient (Wildman–Crippen LogP) is 3.69. The van der Waals surface area contributed by atoms with E-state index in [9.17, 15) is 0 Å². The summed E-state index contributed by atoms with van der Waals surface area (Å²) in [6.45, 7) is 5.91. The van der Waals surface area contributed by atoms with Crippen LogP contribution in [0, 0.1) is 6.92 Å². The molecule has 0 bridgehead atoms. The number of hydrogen-bond donors (Lipinski definition) is 1. The maximum atomic E-state index is 5.67. The normalized spacial score (nSPS) is 11.1. The number of methoxy groups -OCH3 is 1. The Kier molecular flexibility index (Phi) is 5.16. The summed E-state index contributed by atoms with van der Waals surface area (Å²) in [5.74, 6) is 1.42. The molecule has 0 radical (unpaired) electrons. The van der Waals surface area contributed by atoms with Crippen molar-refractivity contribution in [2.24, 2.45) is 5.10 Å². The molecule has 0 amide bonds. The fourth-order valence-corrected chi connectivity index (χ4v) is 2.32. The van der Waals surface area contributed by atoms with E-state index in [1.165, 1.54) is 11.3 Å². The van der Waals surface area contributed by atoms with Gasteiger partial charge in [0.1, 0.15) is 0 Å². The Morgan fingerprint density at radius 1 is 1.33 bits per heavy atom. The van der Waals surface area contributed by atoms with E-state index >= 15 is 0 Å². The average molecular weight is 305 g/mol. The van der Waals surface area contributed by atoms with E-state index in [4.69, 9.17) is 9.47 Å². The number of nitrogens with zero attached hydrogens (tertiary/aromatic N) is 2. The first-order valence-corrected chi connectivity index (χ1v) is 7.52. The van der Waals surface area contributed by atoms with Crippen molar-refractivity contribution in [2.45, 2.75) is 26.9 Å². The highest BCUT2D eigenvalue weighted by Crippen LogP contribution is 2.28. The van der Waals surface area contributed by atoms with Crippen LogP contribution >= 0.6 is 11.3 Å². The fraction of sp³-hybridized carbons (Fsp3) is 0.333. The summed E-state index contributed by atoms with van der Waals surface area (Å²) in [6, 6.07) is 5.70. The second-order valence-electron chi connectivity index (χ2n) is 4.74. The second-order valence-corrected chi connectivity index (χ2v) is 5.60. The molecule has 21 heavy (non-hydrogen) atoms. The molecule has 1 heterocycles. The number of nitrogens with one attached hydrogen (secondary N) is 1. The second kappa shape index (κ2) is 7.08. The zero-order chi connectivity index (χ0) is 15.2. The average Bonchev–Trinajstić information content (AvgIpc) is 2.85. The van der Waals surface area contributed by atoms with Gasteiger partial charge in [-0.2, -0.15) is 5.10 Å². The third-order valence-corrected chi connectivity index (χ3v) is 3.41. The maximum Gasteiger partial charge on any atom is 0.203 e. The lowest BCUT2D eigenvalue weighted by Crippen LogP contribution is -2.06. The van der Waals surface area contributed by atoms with Gasteiger partial charge in [0, 0.05) is 5.38 Å². The largest absolute Gasteiger partial charge is 0.493 e. The van der Waals surface area contributed by atoms with Crippen LogP contribution in [0.2, 0.25) is 0 Å². The van der Waals surface area contributed by atoms with Gasteiger partial charge in [0.15, 0.2) is 11.5 Å². The van der Waals surface area contributed by atoms with Crippen LogP contribution in [-0.4, -0.2) is 24.4 Å². The molecule has 0 aliphatic heterocycles. The van der Waals surface area contributed by atoms with Crippen molar-refractivity contribution in [3.05, 3.63) is 34.8 Å². The maximum absolute atomic E-state index is 5.67. The SMILES string of the molecule is COc1cc(/C=N\Nc2nc(C)cs2)ccc1OC(C)C. The van der Waals surface area contributed by atoms with Crippen LogP contribution in [0.4, 0.5) is 5.13 Å². The molecule has 0 spiro atoms. The van der Waals surface area contributed by atoms with Crippen LogP contribution in [0.15, 0.2) is 28.7 Å². The molecule has 0 saturated heterocycles. The van der Waals surface area contributed by atoms with Crippen molar-refractivity contribution in [3.63, 3.8) is 0 Å². The Morgan fingerprint density at radius 2 is 2.14 bits per heavy atom. The topological polar surface area (TPSA) is 55.7 Å². The Balaban J connectivity index is 2.06. The molecule has 6 heteroatoms. The van der Waals surface area contributed by atoms with Gasteiger partial charge < -0.3 is 9.47 Å². The van der Waals surface area contributed by atoms with Gasteiger partial charge in [-0.25, -0.2) is 4.98 Å². The van der Waals surface area contributed by atoms with Crippen LogP contribution in [0.25, 0.3) is 0 Å². The summed E-state index contributed by atoms with van der Waals surface area (Å²) in [4.78, 5) is 4.27. The monoisotopic (exact) mass is 305 g/mol. The molecule has 1 aromatic carbocycles. The molecule has 5 nitrogen and oxygen atoms in total. The summed E-state index contributed by atoms with van der Waals surface area (Å²) in [6.07, 6.45) is 1.83. The number of aromatic nitrogens is 1. The summed E-state index contributed by atoms with van der Waals surface area (Å²) in [5.41, 5.74) is 4.80. The van der Waals surface area contributed by atoms with Gasteiger partial charge in [-0.05, 0) is 44.5 Å². The quantitative estimate of drug-likeness (QED) is 0.653. The molecule has 1 N–H and O–H groups in total. The molecule has 1 aromatic heterocycles. The van der Waals surface area contributed by atoms with Gasteiger partial charge in [0.2, 0.25) is 5.13 Å². The van der Waals surface area contributed by atoms with Crippen molar-refractivity contribution in [1.29, 1.82) is 0 Å². The summed E-state index contributed by atoms with van der Waals surface area (Å²) in [5, 5.41) is 6.91. The molecule has 2 aromatic rings. The zero-order valence-electron chi connectivity index (χ0n) is 12.6. The number of ether oxygens (including phenoxy) is 2. The van der Waals surface area contributed by atoms with E-state index in [0.29, 0.717) is 5.75 Å². The highest BCUT2D eigenvalue weighted by molar-refractivity contribution is 7.13. The first-order valence-electron chi connectivity index (χ1n) is 6.64. The van der Waals surface area contributed by atoms with Gasteiger partial charge in [-0.3, -0.25) is 5.43 Å². The lowest BCUT2D eigenvalue weighted by Gasteiger charge is -2.13. The standard InChI is InChI=1S/C15H19N3O2S/c1-10(2)20-13-6-5-12(7-14(13)19-4)8-16-18-15-17-11(3)9-21-15/h5-10H,1-4H3,(H,17,18)/b16-8-. The molecule has 0 unspecified atom stereocenters. The minimum atomic E-state index is 0.105. The Bertz CT molecular complexity index is 623. The number of aryl methyl sites for hydroxylation is 1. The van der Waals surface area contributed by atoms with Crippen LogP contribution in [0.3, 0.4) is 0 Å². The number of benzene rings is 1. The molecule has 0 aliphatic carbocycles. The van der Waals surface area contributed by atoms with E-state index in [1.807, 2.05) is 44.4 Å². The highest BCUT2D eigenvalue weighted by Gasteiger charge is 2.06. The summed E-state index contributed by atoms with van der Waals surface area (Å²) in [7, 11) is 1.63. The van der Waals surface area contributed by atoms with E-state index in [2.05, 4.69) is 15.5 Å². The lowest BCUT2D eigenvalue weighted by atomic mass is 10.2. The van der Waals surface area contributed by atoms with E-state index in [1.54, 1.807) is 13.3 Å². The molecule has 2 rings (SSSR count). The summed E-state index contributed by atoms with van der Waals surface area (Å²) >= 11 is 1.52. The van der Waals surface area contributed by atoms with Crippen LogP contribution in [0.1, 0.15) is 25.1 Å². The van der Waals surface area contributed by atoms with Gasteiger partial charge in [-0.1, -0.05) is 0 Å². The highest BCUT2D eigenvalue weighted by atomic mass is 32.1. The Labute approximate surface area is 128 Å². The molecule has 0 fully saturated rings. The minimum Gasteiger partial charge on any atom is -0.493 e. The van der Waals surface area contributed by atoms with Gasteiger partial charge in [-0.15, -0.1) is 11.3 Å². The predicted molar refractivity (Wildman–Crippen MR) is 86.8 cm³/mol. The van der Waals surface area contributed by atoms with Gasteiger partial charge >= 0.3 is 0 Å². The number of hydrazone groups is 1. The zero-order valence-corrected chi connectivity index (χ0v) is 13.4. The smallest absolute Gasteiger partial charge is 0.203 e. The first kappa shape index (κ1) is 15.3. The molecular weight excluding hydrogens is 286 g/mol. The van der Waals surface area contributed by atoms with Gasteiger partial charge in [0.05, 0.1) is 25.1 Å². The van der Waals surface area contributed by atoms with Gasteiger partial charge in [0.25, 0.3) is 0 Å². The van der Waals surface area contributed by atoms with Crippen molar-refractivity contribution >= 4 is 22.7 Å². The molecular formula is C15H19N3O2S. The molecule has 0 aliphatic rings. The van der Waals surface area contributed by atoms with Crippen LogP contribution < -0.4 is 14.9 Å². The van der Waals surface area contributed by atoms with E-state index < -0.39 is 0 Å². The molecule has 0 saturated carbocycles. The number of hydrogen-bond acceptors (Lipinski definition) is 6. The summed E-state index contributed by atoms with van der Waals surface area (Å²) < 4.78 is 11.0. The van der Waals surface area contributed by atoms with Crippen molar-refractivity contribution in [2.75, 3.05) is 12.5 Å². The molecule has 112 valence electrons. The minimum absolute atomic E-state index is 0.105. The third kappa shape index (κ3) is 4.46. The third-order valence-electron chi connectivity index (χ3n) is 2.54. The van der Waals surface area contributed by atoms with Crippen molar-refractivity contribution < 1.29 is 9.47 Å². The van der Waals surface area contributed by atoms with E-state index in [0.717, 1.165) is 22.1 Å². The Hall–Kier alpha value is -2.08. The number of thiazole rings is 1. The Morgan fingerprint density at radius 3 is 2.76 bits per heavy atom. The first-order chi connectivity index (χ1) is 10.1. The molecule has 0 atom stereocenters. The van der Waals surface area contributed by atoms with Crippen molar-refractivity contribution in [1.82, 2.24) is 4.98 Å². The lowest BCUT2D eigenvalue weighted by molar-refractivity contribution is 0.230. The number of anilines is 1. The fourth-order valence-electron chi connectivity index (χ4n) is 1.68. The number of rotatable bonds is 6.